The predicted octanol–water partition coefficient (Wildman–Crippen LogP) is 2.04. The van der Waals surface area contributed by atoms with E-state index in [-0.39, 0.29) is 5.75 Å². The van der Waals surface area contributed by atoms with Gasteiger partial charge < -0.3 is 10.8 Å². The number of phenols is 1. The van der Waals surface area contributed by atoms with Gasteiger partial charge in [-0.25, -0.2) is 0 Å². The molecule has 0 saturated carbocycles. The molecule has 0 heterocycles. The standard InChI is InChI=1S/C13H11NO2/c14-12(15)8-7-10-6-5-9-3-1-2-4-11(9)13(10)16/h1-8,16H,(H2,14,15). The molecule has 0 bridgehead atoms. The second-order valence-corrected chi connectivity index (χ2v) is 3.46. The van der Waals surface area contributed by atoms with Crippen LogP contribution in [0.15, 0.2) is 42.5 Å². The lowest BCUT2D eigenvalue weighted by molar-refractivity contribution is -0.113. The summed E-state index contributed by atoms with van der Waals surface area (Å²) in [6.45, 7) is 0. The zero-order valence-corrected chi connectivity index (χ0v) is 8.55. The van der Waals surface area contributed by atoms with E-state index < -0.39 is 5.91 Å². The first-order chi connectivity index (χ1) is 7.68. The maximum absolute atomic E-state index is 10.6. The number of phenolic OH excluding ortho intramolecular Hbond substituents is 1. The third-order valence-corrected chi connectivity index (χ3v) is 2.36. The van der Waals surface area contributed by atoms with E-state index in [4.69, 9.17) is 5.73 Å². The summed E-state index contributed by atoms with van der Waals surface area (Å²) >= 11 is 0. The second kappa shape index (κ2) is 4.06. The molecule has 80 valence electrons. The number of aromatic hydroxyl groups is 1. The summed E-state index contributed by atoms with van der Waals surface area (Å²) < 4.78 is 0. The molecule has 0 saturated heterocycles. The first-order valence-corrected chi connectivity index (χ1v) is 4.87. The molecule has 0 unspecified atom stereocenters. The lowest BCUT2D eigenvalue weighted by atomic mass is 10.1. The van der Waals surface area contributed by atoms with Crippen molar-refractivity contribution in [3.8, 4) is 5.75 Å². The summed E-state index contributed by atoms with van der Waals surface area (Å²) in [7, 11) is 0. The van der Waals surface area contributed by atoms with Crippen LogP contribution in [0.1, 0.15) is 5.56 Å². The molecule has 0 fully saturated rings. The van der Waals surface area contributed by atoms with Crippen molar-refractivity contribution in [3.63, 3.8) is 0 Å². The summed E-state index contributed by atoms with van der Waals surface area (Å²) in [6.07, 6.45) is 2.73. The molecule has 2 rings (SSSR count). The molecule has 0 spiro atoms. The minimum absolute atomic E-state index is 0.163. The van der Waals surface area contributed by atoms with E-state index >= 15 is 0 Å². The predicted molar refractivity (Wildman–Crippen MR) is 63.8 cm³/mol. The molecule has 3 heteroatoms. The molecular formula is C13H11NO2. The molecule has 0 aliphatic rings. The number of benzene rings is 2. The summed E-state index contributed by atoms with van der Waals surface area (Å²) in [6, 6.07) is 11.1. The van der Waals surface area contributed by atoms with E-state index in [2.05, 4.69) is 0 Å². The molecule has 16 heavy (non-hydrogen) atoms. The normalized spacial score (nSPS) is 11.0. The Balaban J connectivity index is 2.56. The Labute approximate surface area is 92.8 Å². The van der Waals surface area contributed by atoms with Crippen LogP contribution in [0.4, 0.5) is 0 Å². The maximum Gasteiger partial charge on any atom is 0.241 e. The van der Waals surface area contributed by atoms with Crippen molar-refractivity contribution in [1.29, 1.82) is 0 Å². The van der Waals surface area contributed by atoms with Gasteiger partial charge in [0.15, 0.2) is 0 Å². The summed E-state index contributed by atoms with van der Waals surface area (Å²) in [5, 5.41) is 11.7. The average molecular weight is 213 g/mol. The lowest BCUT2D eigenvalue weighted by Gasteiger charge is -2.03. The van der Waals surface area contributed by atoms with Crippen LogP contribution in [0.25, 0.3) is 16.8 Å². The highest BCUT2D eigenvalue weighted by Gasteiger charge is 2.03. The Morgan fingerprint density at radius 3 is 2.69 bits per heavy atom. The van der Waals surface area contributed by atoms with E-state index in [0.717, 1.165) is 10.8 Å². The number of hydrogen-bond acceptors (Lipinski definition) is 2. The summed E-state index contributed by atoms with van der Waals surface area (Å²) in [4.78, 5) is 10.6. The van der Waals surface area contributed by atoms with E-state index in [9.17, 15) is 9.90 Å². The first kappa shape index (κ1) is 10.2. The molecule has 0 aliphatic heterocycles. The van der Waals surface area contributed by atoms with Crippen LogP contribution >= 0.6 is 0 Å². The molecule has 0 radical (unpaired) electrons. The SMILES string of the molecule is NC(=O)C=Cc1ccc2ccccc2c1O. The van der Waals surface area contributed by atoms with Gasteiger partial charge in [0.2, 0.25) is 5.91 Å². The maximum atomic E-state index is 10.6. The fourth-order valence-electron chi connectivity index (χ4n) is 1.58. The number of carbonyl (C=O) groups is 1. The number of carbonyl (C=O) groups excluding carboxylic acids is 1. The van der Waals surface area contributed by atoms with Gasteiger partial charge in [0.05, 0.1) is 0 Å². The summed E-state index contributed by atoms with van der Waals surface area (Å²) in [5.74, 6) is -0.372. The van der Waals surface area contributed by atoms with Gasteiger partial charge in [0, 0.05) is 17.0 Å². The van der Waals surface area contributed by atoms with Gasteiger partial charge in [0.25, 0.3) is 0 Å². The zero-order valence-electron chi connectivity index (χ0n) is 8.55. The topological polar surface area (TPSA) is 63.3 Å². The largest absolute Gasteiger partial charge is 0.507 e. The van der Waals surface area contributed by atoms with Crippen molar-refractivity contribution >= 4 is 22.8 Å². The highest BCUT2D eigenvalue weighted by atomic mass is 16.3. The van der Waals surface area contributed by atoms with Crippen LogP contribution in [0.3, 0.4) is 0 Å². The number of hydrogen-bond donors (Lipinski definition) is 2. The first-order valence-electron chi connectivity index (χ1n) is 4.87. The van der Waals surface area contributed by atoms with Gasteiger partial charge >= 0.3 is 0 Å². The van der Waals surface area contributed by atoms with Gasteiger partial charge in [-0.1, -0.05) is 36.4 Å². The Hall–Kier alpha value is -2.29. The van der Waals surface area contributed by atoms with Crippen LogP contribution < -0.4 is 5.73 Å². The number of nitrogens with two attached hydrogens (primary N) is 1. The minimum atomic E-state index is -0.535. The molecular weight excluding hydrogens is 202 g/mol. The van der Waals surface area contributed by atoms with Crippen LogP contribution in [0.2, 0.25) is 0 Å². The Morgan fingerprint density at radius 1 is 1.19 bits per heavy atom. The van der Waals surface area contributed by atoms with Crippen molar-refractivity contribution in [2.75, 3.05) is 0 Å². The van der Waals surface area contributed by atoms with Gasteiger partial charge in [-0.15, -0.1) is 0 Å². The van der Waals surface area contributed by atoms with Gasteiger partial charge in [-0.3, -0.25) is 4.79 Å². The third-order valence-electron chi connectivity index (χ3n) is 2.36. The van der Waals surface area contributed by atoms with Gasteiger partial charge in [-0.2, -0.15) is 0 Å². The van der Waals surface area contributed by atoms with Crippen molar-refractivity contribution in [2.24, 2.45) is 5.73 Å². The second-order valence-electron chi connectivity index (χ2n) is 3.46. The molecule has 1 amide bonds. The fourth-order valence-corrected chi connectivity index (χ4v) is 1.58. The Bertz CT molecular complexity index is 573. The van der Waals surface area contributed by atoms with E-state index in [1.165, 1.54) is 12.2 Å². The van der Waals surface area contributed by atoms with Crippen LogP contribution in [0, 0.1) is 0 Å². The molecule has 2 aromatic rings. The smallest absolute Gasteiger partial charge is 0.241 e. The number of rotatable bonds is 2. The van der Waals surface area contributed by atoms with Gasteiger partial charge in [0.1, 0.15) is 5.75 Å². The highest BCUT2D eigenvalue weighted by molar-refractivity contribution is 5.95. The van der Waals surface area contributed by atoms with Crippen molar-refractivity contribution < 1.29 is 9.90 Å². The van der Waals surface area contributed by atoms with Crippen LogP contribution in [0.5, 0.6) is 5.75 Å². The van der Waals surface area contributed by atoms with Crippen molar-refractivity contribution in [2.45, 2.75) is 0 Å². The molecule has 0 atom stereocenters. The molecule has 0 aromatic heterocycles. The number of amides is 1. The summed E-state index contributed by atoms with van der Waals surface area (Å²) in [5.41, 5.74) is 5.58. The average Bonchev–Trinajstić information content (AvgIpc) is 2.28. The number of primary amides is 1. The van der Waals surface area contributed by atoms with Crippen LogP contribution in [-0.4, -0.2) is 11.0 Å². The fraction of sp³-hybridized carbons (Fsp3) is 0. The minimum Gasteiger partial charge on any atom is -0.507 e. The van der Waals surface area contributed by atoms with E-state index in [0.29, 0.717) is 5.56 Å². The Morgan fingerprint density at radius 2 is 1.94 bits per heavy atom. The molecule has 3 nitrogen and oxygen atoms in total. The monoisotopic (exact) mass is 213 g/mol. The van der Waals surface area contributed by atoms with Crippen molar-refractivity contribution in [1.82, 2.24) is 0 Å². The molecule has 3 N–H and O–H groups in total. The van der Waals surface area contributed by atoms with Gasteiger partial charge in [-0.05, 0) is 11.5 Å². The van der Waals surface area contributed by atoms with Crippen LogP contribution in [-0.2, 0) is 4.79 Å². The van der Waals surface area contributed by atoms with E-state index in [1.807, 2.05) is 30.3 Å². The molecule has 0 aliphatic carbocycles. The molecule has 2 aromatic carbocycles. The zero-order chi connectivity index (χ0) is 11.5. The van der Waals surface area contributed by atoms with Crippen molar-refractivity contribution in [3.05, 3.63) is 48.0 Å². The Kier molecular flexibility index (Phi) is 2.60. The number of fused-ring (bicyclic) bond motifs is 1. The van der Waals surface area contributed by atoms with E-state index in [1.54, 1.807) is 6.07 Å². The lowest BCUT2D eigenvalue weighted by Crippen LogP contribution is -2.05. The third kappa shape index (κ3) is 1.88. The quantitative estimate of drug-likeness (QED) is 0.750. The highest BCUT2D eigenvalue weighted by Crippen LogP contribution is 2.29.